The van der Waals surface area contributed by atoms with Gasteiger partial charge in [0.15, 0.2) is 0 Å². The predicted molar refractivity (Wildman–Crippen MR) is 58.2 cm³/mol. The molecule has 0 aromatic rings. The molecule has 4 nitrogen and oxygen atoms in total. The minimum atomic E-state index is -0.199. The second-order valence-corrected chi connectivity index (χ2v) is 4.43. The van der Waals surface area contributed by atoms with Gasteiger partial charge in [0.2, 0.25) is 11.8 Å². The Kier molecular flexibility index (Phi) is 4.27. The molecular weight excluding hydrogens is 192 g/mol. The molecule has 1 fully saturated rings. The highest BCUT2D eigenvalue weighted by molar-refractivity contribution is 6.00. The summed E-state index contributed by atoms with van der Waals surface area (Å²) in [5.74, 6) is 0.168. The smallest absolute Gasteiger partial charge is 0.243 e. The predicted octanol–water partition coefficient (Wildman–Crippen LogP) is 0.816. The van der Waals surface area contributed by atoms with E-state index in [0.29, 0.717) is 24.8 Å². The highest BCUT2D eigenvalue weighted by Gasteiger charge is 2.28. The van der Waals surface area contributed by atoms with E-state index in [0.717, 1.165) is 6.42 Å². The topological polar surface area (TPSA) is 58.2 Å². The summed E-state index contributed by atoms with van der Waals surface area (Å²) in [6, 6.07) is 0.143. The van der Waals surface area contributed by atoms with Crippen molar-refractivity contribution in [1.82, 2.24) is 10.6 Å². The SMILES string of the molecule is CCC(NC1CCC(=O)NC1=O)C(C)C. The number of amides is 2. The molecule has 86 valence electrons. The third-order valence-corrected chi connectivity index (χ3v) is 2.90. The quantitative estimate of drug-likeness (QED) is 0.678. The molecule has 2 unspecified atom stereocenters. The Morgan fingerprint density at radius 1 is 1.47 bits per heavy atom. The highest BCUT2D eigenvalue weighted by atomic mass is 16.2. The summed E-state index contributed by atoms with van der Waals surface area (Å²) in [5, 5.41) is 5.67. The molecule has 1 saturated heterocycles. The summed E-state index contributed by atoms with van der Waals surface area (Å²) in [5.41, 5.74) is 0. The molecule has 2 atom stereocenters. The van der Waals surface area contributed by atoms with Crippen LogP contribution in [0.25, 0.3) is 0 Å². The minimum absolute atomic E-state index is 0.157. The summed E-state index contributed by atoms with van der Waals surface area (Å²) in [7, 11) is 0. The maximum atomic E-state index is 11.5. The van der Waals surface area contributed by atoms with Crippen molar-refractivity contribution in [2.75, 3.05) is 0 Å². The lowest BCUT2D eigenvalue weighted by Crippen LogP contribution is -2.54. The fourth-order valence-electron chi connectivity index (χ4n) is 1.89. The number of hydrogen-bond acceptors (Lipinski definition) is 3. The van der Waals surface area contributed by atoms with E-state index in [2.05, 4.69) is 31.4 Å². The zero-order valence-corrected chi connectivity index (χ0v) is 9.67. The van der Waals surface area contributed by atoms with Crippen molar-refractivity contribution in [2.45, 2.75) is 52.1 Å². The second kappa shape index (κ2) is 5.26. The summed E-state index contributed by atoms with van der Waals surface area (Å²) in [6.07, 6.45) is 2.06. The largest absolute Gasteiger partial charge is 0.303 e. The average Bonchev–Trinajstić information content (AvgIpc) is 2.16. The molecule has 0 radical (unpaired) electrons. The summed E-state index contributed by atoms with van der Waals surface area (Å²) in [4.78, 5) is 22.4. The van der Waals surface area contributed by atoms with E-state index in [1.54, 1.807) is 0 Å². The van der Waals surface area contributed by atoms with Crippen molar-refractivity contribution >= 4 is 11.8 Å². The van der Waals surface area contributed by atoms with Crippen LogP contribution in [0.1, 0.15) is 40.0 Å². The van der Waals surface area contributed by atoms with Crippen LogP contribution in [-0.4, -0.2) is 23.9 Å². The number of piperidine rings is 1. The van der Waals surface area contributed by atoms with E-state index in [9.17, 15) is 9.59 Å². The van der Waals surface area contributed by atoms with Crippen LogP contribution in [0.3, 0.4) is 0 Å². The maximum absolute atomic E-state index is 11.5. The van der Waals surface area contributed by atoms with Crippen LogP contribution >= 0.6 is 0 Å². The lowest BCUT2D eigenvalue weighted by molar-refractivity contribution is -0.134. The monoisotopic (exact) mass is 212 g/mol. The number of rotatable bonds is 4. The first-order valence-corrected chi connectivity index (χ1v) is 5.64. The Hall–Kier alpha value is -0.900. The van der Waals surface area contributed by atoms with Crippen LogP contribution in [0.5, 0.6) is 0 Å². The summed E-state index contributed by atoms with van der Waals surface area (Å²) < 4.78 is 0. The van der Waals surface area contributed by atoms with E-state index in [1.165, 1.54) is 0 Å². The van der Waals surface area contributed by atoms with Crippen molar-refractivity contribution in [3.63, 3.8) is 0 Å². The van der Waals surface area contributed by atoms with Gasteiger partial charge in [0.1, 0.15) is 0 Å². The van der Waals surface area contributed by atoms with Gasteiger partial charge in [-0.1, -0.05) is 20.8 Å². The molecule has 0 aromatic carbocycles. The van der Waals surface area contributed by atoms with Gasteiger partial charge in [-0.25, -0.2) is 0 Å². The lowest BCUT2D eigenvalue weighted by atomic mass is 9.98. The Morgan fingerprint density at radius 3 is 2.60 bits per heavy atom. The maximum Gasteiger partial charge on any atom is 0.243 e. The average molecular weight is 212 g/mol. The normalized spacial score (nSPS) is 24.1. The first-order valence-electron chi connectivity index (χ1n) is 5.64. The molecule has 1 aliphatic rings. The molecule has 0 saturated carbocycles. The molecule has 4 heteroatoms. The van der Waals surface area contributed by atoms with Gasteiger partial charge >= 0.3 is 0 Å². The van der Waals surface area contributed by atoms with Crippen molar-refractivity contribution in [3.8, 4) is 0 Å². The molecule has 0 aliphatic carbocycles. The van der Waals surface area contributed by atoms with Crippen LogP contribution in [0, 0.1) is 5.92 Å². The lowest BCUT2D eigenvalue weighted by Gasteiger charge is -2.28. The summed E-state index contributed by atoms with van der Waals surface area (Å²) in [6.45, 7) is 6.36. The van der Waals surface area contributed by atoms with Crippen LogP contribution in [-0.2, 0) is 9.59 Å². The number of carbonyl (C=O) groups is 2. The molecule has 2 amide bonds. The first-order chi connectivity index (χ1) is 7.04. The minimum Gasteiger partial charge on any atom is -0.303 e. The highest BCUT2D eigenvalue weighted by Crippen LogP contribution is 2.11. The molecule has 1 rings (SSSR count). The molecule has 0 spiro atoms. The fraction of sp³-hybridized carbons (Fsp3) is 0.818. The Balaban J connectivity index is 2.50. The number of imide groups is 1. The number of carbonyl (C=O) groups excluding carboxylic acids is 2. The Morgan fingerprint density at radius 2 is 2.13 bits per heavy atom. The van der Waals surface area contributed by atoms with E-state index >= 15 is 0 Å². The van der Waals surface area contributed by atoms with E-state index in [-0.39, 0.29) is 17.9 Å². The van der Waals surface area contributed by atoms with Gasteiger partial charge in [0.05, 0.1) is 6.04 Å². The molecular formula is C11H20N2O2. The first kappa shape index (κ1) is 12.2. The molecule has 1 heterocycles. The molecule has 1 aliphatic heterocycles. The van der Waals surface area contributed by atoms with Gasteiger partial charge < -0.3 is 5.32 Å². The molecule has 2 N–H and O–H groups in total. The standard InChI is InChI=1S/C11H20N2O2/c1-4-8(7(2)3)12-9-5-6-10(14)13-11(9)15/h7-9,12H,4-6H2,1-3H3,(H,13,14,15). The zero-order valence-electron chi connectivity index (χ0n) is 9.67. The fourth-order valence-corrected chi connectivity index (χ4v) is 1.89. The number of hydrogen-bond donors (Lipinski definition) is 2. The van der Waals surface area contributed by atoms with Crippen molar-refractivity contribution in [3.05, 3.63) is 0 Å². The van der Waals surface area contributed by atoms with Crippen LogP contribution in [0.2, 0.25) is 0 Å². The molecule has 0 bridgehead atoms. The van der Waals surface area contributed by atoms with E-state index < -0.39 is 0 Å². The van der Waals surface area contributed by atoms with Gasteiger partial charge in [-0.05, 0) is 18.8 Å². The van der Waals surface area contributed by atoms with Gasteiger partial charge in [-0.15, -0.1) is 0 Å². The van der Waals surface area contributed by atoms with Crippen LogP contribution in [0.4, 0.5) is 0 Å². The van der Waals surface area contributed by atoms with Crippen LogP contribution < -0.4 is 10.6 Å². The molecule has 15 heavy (non-hydrogen) atoms. The summed E-state index contributed by atoms with van der Waals surface area (Å²) >= 11 is 0. The second-order valence-electron chi connectivity index (χ2n) is 4.43. The van der Waals surface area contributed by atoms with Gasteiger partial charge in [0, 0.05) is 12.5 Å². The van der Waals surface area contributed by atoms with Crippen molar-refractivity contribution in [1.29, 1.82) is 0 Å². The van der Waals surface area contributed by atoms with Crippen LogP contribution in [0.15, 0.2) is 0 Å². The Bertz CT molecular complexity index is 251. The Labute approximate surface area is 90.8 Å². The third kappa shape index (κ3) is 3.30. The van der Waals surface area contributed by atoms with Crippen molar-refractivity contribution in [2.24, 2.45) is 5.92 Å². The van der Waals surface area contributed by atoms with Gasteiger partial charge in [0.25, 0.3) is 0 Å². The number of nitrogens with one attached hydrogen (secondary N) is 2. The zero-order chi connectivity index (χ0) is 11.4. The molecule has 0 aromatic heterocycles. The van der Waals surface area contributed by atoms with Gasteiger partial charge in [-0.3, -0.25) is 14.9 Å². The van der Waals surface area contributed by atoms with Gasteiger partial charge in [-0.2, -0.15) is 0 Å². The van der Waals surface area contributed by atoms with Crippen molar-refractivity contribution < 1.29 is 9.59 Å². The van der Waals surface area contributed by atoms with E-state index in [1.807, 2.05) is 0 Å². The third-order valence-electron chi connectivity index (χ3n) is 2.90. The van der Waals surface area contributed by atoms with E-state index in [4.69, 9.17) is 0 Å².